The molecule has 2 fully saturated rings. The van der Waals surface area contributed by atoms with Crippen molar-refractivity contribution >= 4 is 34.0 Å². The maximum Gasteiger partial charge on any atom is 0.328 e. The summed E-state index contributed by atoms with van der Waals surface area (Å²) in [5.74, 6) is -0.526. The molecule has 2 heterocycles. The van der Waals surface area contributed by atoms with Crippen molar-refractivity contribution in [3.63, 3.8) is 0 Å². The largest absolute Gasteiger partial charge is 0.494 e. The first kappa shape index (κ1) is 35.7. The summed E-state index contributed by atoms with van der Waals surface area (Å²) < 4.78 is 52.2. The monoisotopic (exact) mass is 686 g/mol. The second-order valence-corrected chi connectivity index (χ2v) is 13.0. The molecule has 0 amide bonds. The summed E-state index contributed by atoms with van der Waals surface area (Å²) in [6, 6.07) is 5.73. The maximum atomic E-state index is 14.0. The van der Waals surface area contributed by atoms with Crippen molar-refractivity contribution in [2.45, 2.75) is 64.5 Å². The van der Waals surface area contributed by atoms with Gasteiger partial charge in [0.2, 0.25) is 0 Å². The number of benzene rings is 2. The van der Waals surface area contributed by atoms with E-state index in [4.69, 9.17) is 18.9 Å². The first-order chi connectivity index (χ1) is 23.5. The lowest BCUT2D eigenvalue weighted by atomic mass is 9.82. The van der Waals surface area contributed by atoms with Gasteiger partial charge in [0, 0.05) is 44.4 Å². The number of methoxy groups -OCH3 is 4. The van der Waals surface area contributed by atoms with Crippen molar-refractivity contribution in [2.24, 2.45) is 30.7 Å². The van der Waals surface area contributed by atoms with Crippen molar-refractivity contribution in [3.8, 4) is 11.5 Å². The third-order valence-electron chi connectivity index (χ3n) is 10.1. The molecular weight excluding hydrogens is 642 g/mol. The van der Waals surface area contributed by atoms with Crippen LogP contribution in [0.5, 0.6) is 11.5 Å². The molecule has 0 atom stereocenters. The molecule has 266 valence electrons. The van der Waals surface area contributed by atoms with Crippen LogP contribution in [0.3, 0.4) is 0 Å². The Morgan fingerprint density at radius 1 is 0.694 bits per heavy atom. The predicted molar refractivity (Wildman–Crippen MR) is 178 cm³/mol. The summed E-state index contributed by atoms with van der Waals surface area (Å²) in [4.78, 5) is 50.7. The number of nitrogens with one attached hydrogen (secondary N) is 1. The summed E-state index contributed by atoms with van der Waals surface area (Å²) in [6.45, 7) is 1.10. The van der Waals surface area contributed by atoms with Crippen LogP contribution in [0.15, 0.2) is 33.9 Å². The van der Waals surface area contributed by atoms with Gasteiger partial charge in [0.1, 0.15) is 0 Å². The number of carbonyl (C=O) groups excluding carboxylic acids is 2. The Labute approximate surface area is 281 Å². The number of ether oxygens (including phenoxy) is 4. The van der Waals surface area contributed by atoms with E-state index in [0.717, 1.165) is 51.4 Å². The van der Waals surface area contributed by atoms with E-state index in [0.29, 0.717) is 47.0 Å². The zero-order valence-corrected chi connectivity index (χ0v) is 28.6. The summed E-state index contributed by atoms with van der Waals surface area (Å²) in [5.41, 5.74) is 1.88. The minimum absolute atomic E-state index is 0.0415. The van der Waals surface area contributed by atoms with E-state index in [1.807, 2.05) is 0 Å². The van der Waals surface area contributed by atoms with Gasteiger partial charge in [0.15, 0.2) is 23.1 Å². The molecule has 2 aliphatic rings. The van der Waals surface area contributed by atoms with Gasteiger partial charge in [-0.25, -0.2) is 18.4 Å². The third kappa shape index (κ3) is 7.52. The minimum Gasteiger partial charge on any atom is -0.494 e. The Morgan fingerprint density at radius 2 is 1.16 bits per heavy atom. The summed E-state index contributed by atoms with van der Waals surface area (Å²) in [5, 5.41) is 0. The number of carbonyl (C=O) groups is 2. The van der Waals surface area contributed by atoms with Crippen LogP contribution in [0.4, 0.5) is 8.78 Å². The second-order valence-electron chi connectivity index (χ2n) is 13.0. The van der Waals surface area contributed by atoms with Gasteiger partial charge in [0.25, 0.3) is 0 Å². The molecule has 6 rings (SSSR count). The zero-order valence-electron chi connectivity index (χ0n) is 28.6. The average Bonchev–Trinajstić information content (AvgIpc) is 3.53. The van der Waals surface area contributed by atoms with E-state index >= 15 is 0 Å². The molecule has 14 heteroatoms. The number of esters is 2. The van der Waals surface area contributed by atoms with Gasteiger partial charge in [-0.15, -0.1) is 0 Å². The van der Waals surface area contributed by atoms with E-state index in [1.165, 1.54) is 45.1 Å². The molecule has 0 unspecified atom stereocenters. The number of fused-ring (bicyclic) bond motifs is 2. The molecule has 49 heavy (non-hydrogen) atoms. The number of H-pyrrole nitrogens is 1. The molecule has 2 aromatic carbocycles. The Balaban J connectivity index is 0.000000191. The van der Waals surface area contributed by atoms with Crippen molar-refractivity contribution in [1.29, 1.82) is 0 Å². The van der Waals surface area contributed by atoms with Crippen molar-refractivity contribution in [1.82, 2.24) is 18.7 Å². The minimum atomic E-state index is -0.503. The van der Waals surface area contributed by atoms with E-state index < -0.39 is 11.6 Å². The molecule has 0 aliphatic heterocycles. The van der Waals surface area contributed by atoms with Crippen LogP contribution in [0.2, 0.25) is 0 Å². The molecule has 0 spiro atoms. The number of aromatic amines is 1. The summed E-state index contributed by atoms with van der Waals surface area (Å²) in [6.07, 6.45) is 6.53. The lowest BCUT2D eigenvalue weighted by molar-refractivity contribution is -0.147. The standard InChI is InChI=1S/C18H23FN2O4.C17H21FN2O4/c1-20-14-8-13(19)16(24-2)9-15(14)21(18(20)23)10-11-4-6-12(7-5-11)17(22)25-3;1-23-15-8-14-13(7-12(15)18)19-17(22)20(14)9-10-3-5-11(6-4-10)16(21)24-2/h8-9,11-12H,4-7,10H2,1-3H3;7-8,10-11H,3-6,9H2,1-2H3,(H,19,22). The number of halogens is 2. The number of rotatable bonds is 8. The quantitative estimate of drug-likeness (QED) is 0.258. The normalized spacial score (nSPS) is 20.8. The van der Waals surface area contributed by atoms with Crippen molar-refractivity contribution < 1.29 is 37.3 Å². The van der Waals surface area contributed by atoms with Crippen LogP contribution in [0, 0.1) is 35.3 Å². The fourth-order valence-electron chi connectivity index (χ4n) is 7.24. The highest BCUT2D eigenvalue weighted by molar-refractivity contribution is 5.78. The molecule has 1 N–H and O–H groups in total. The molecule has 2 saturated carbocycles. The van der Waals surface area contributed by atoms with Gasteiger partial charge in [-0.3, -0.25) is 23.3 Å². The average molecular weight is 687 g/mol. The number of aryl methyl sites for hydroxylation is 1. The predicted octanol–water partition coefficient (Wildman–Crippen LogP) is 4.92. The third-order valence-corrected chi connectivity index (χ3v) is 10.1. The highest BCUT2D eigenvalue weighted by Gasteiger charge is 2.29. The molecule has 2 aliphatic carbocycles. The van der Waals surface area contributed by atoms with E-state index in [1.54, 1.807) is 28.3 Å². The van der Waals surface area contributed by atoms with E-state index in [2.05, 4.69) is 4.98 Å². The Kier molecular flexibility index (Phi) is 11.1. The van der Waals surface area contributed by atoms with Crippen LogP contribution < -0.4 is 20.9 Å². The van der Waals surface area contributed by atoms with Gasteiger partial charge in [-0.2, -0.15) is 0 Å². The molecular formula is C35H44F2N4O8. The number of imidazole rings is 2. The lowest BCUT2D eigenvalue weighted by Gasteiger charge is -2.27. The fourth-order valence-corrected chi connectivity index (χ4v) is 7.24. The molecule has 0 bridgehead atoms. The highest BCUT2D eigenvalue weighted by atomic mass is 19.1. The highest BCUT2D eigenvalue weighted by Crippen LogP contribution is 2.33. The molecule has 2 aromatic heterocycles. The number of hydrogen-bond donors (Lipinski definition) is 1. The Morgan fingerprint density at radius 3 is 1.65 bits per heavy atom. The van der Waals surface area contributed by atoms with Gasteiger partial charge in [-0.1, -0.05) is 0 Å². The van der Waals surface area contributed by atoms with Crippen molar-refractivity contribution in [3.05, 3.63) is 56.9 Å². The first-order valence-electron chi connectivity index (χ1n) is 16.5. The van der Waals surface area contributed by atoms with Crippen LogP contribution >= 0.6 is 0 Å². The molecule has 0 saturated heterocycles. The van der Waals surface area contributed by atoms with E-state index in [-0.39, 0.29) is 46.7 Å². The van der Waals surface area contributed by atoms with Gasteiger partial charge in [-0.05, 0) is 63.2 Å². The van der Waals surface area contributed by atoms with Gasteiger partial charge in [0.05, 0.1) is 62.3 Å². The topological polar surface area (TPSA) is 136 Å². The maximum absolute atomic E-state index is 14.0. The van der Waals surface area contributed by atoms with Gasteiger partial charge >= 0.3 is 23.3 Å². The molecule has 12 nitrogen and oxygen atoms in total. The van der Waals surface area contributed by atoms with Crippen LogP contribution in [0.25, 0.3) is 22.1 Å². The second kappa shape index (κ2) is 15.3. The fraction of sp³-hybridized carbons (Fsp3) is 0.543. The van der Waals surface area contributed by atoms with Crippen molar-refractivity contribution in [2.75, 3.05) is 28.4 Å². The summed E-state index contributed by atoms with van der Waals surface area (Å²) >= 11 is 0. The SMILES string of the molecule is COC(=O)C1CCC(Cn2c(=O)[nH]c3cc(F)c(OC)cc32)CC1.COC(=O)C1CCC(Cn2c(=O)n(C)c3cc(F)c(OC)cc32)CC1. The number of aromatic nitrogens is 4. The number of hydrogen-bond acceptors (Lipinski definition) is 8. The number of nitrogens with zero attached hydrogens (tertiary/aromatic N) is 3. The summed E-state index contributed by atoms with van der Waals surface area (Å²) in [7, 11) is 7.27. The molecule has 4 aromatic rings. The van der Waals surface area contributed by atoms with E-state index in [9.17, 15) is 28.0 Å². The van der Waals surface area contributed by atoms with Crippen LogP contribution in [-0.4, -0.2) is 59.1 Å². The molecule has 0 radical (unpaired) electrons. The zero-order chi connectivity index (χ0) is 35.4. The van der Waals surface area contributed by atoms with Gasteiger partial charge < -0.3 is 23.9 Å². The Bertz CT molecular complexity index is 1930. The lowest BCUT2D eigenvalue weighted by Crippen LogP contribution is -2.29. The van der Waals surface area contributed by atoms with Crippen LogP contribution in [-0.2, 0) is 39.2 Å². The van der Waals surface area contributed by atoms with Crippen LogP contribution in [0.1, 0.15) is 51.4 Å². The first-order valence-corrected chi connectivity index (χ1v) is 16.5. The Hall–Kier alpha value is -4.62. The smallest absolute Gasteiger partial charge is 0.328 e.